The molecule has 1 heterocycles. The molecule has 8 rings (SSSR count). The van der Waals surface area contributed by atoms with Gasteiger partial charge in [0, 0.05) is 33.5 Å². The molecule has 0 amide bonds. The second-order valence-electron chi connectivity index (χ2n) is 11.1. The average molecular weight is 563 g/mol. The van der Waals surface area contributed by atoms with Crippen molar-refractivity contribution in [3.05, 3.63) is 182 Å². The van der Waals surface area contributed by atoms with Crippen LogP contribution in [-0.4, -0.2) is 4.57 Å². The Kier molecular flexibility index (Phi) is 6.51. The molecule has 2 heteroatoms. The quantitative estimate of drug-likeness (QED) is 0.196. The Bertz CT molecular complexity index is 2200. The minimum absolute atomic E-state index is 1.12. The molecule has 1 aromatic heterocycles. The summed E-state index contributed by atoms with van der Waals surface area (Å²) in [7, 11) is 0. The maximum absolute atomic E-state index is 2.36. The van der Waals surface area contributed by atoms with Gasteiger partial charge in [0.1, 0.15) is 0 Å². The maximum Gasteiger partial charge on any atom is 0.0541 e. The van der Waals surface area contributed by atoms with Crippen LogP contribution in [0, 0.1) is 0 Å². The van der Waals surface area contributed by atoms with Crippen molar-refractivity contribution in [1.29, 1.82) is 0 Å². The number of hydrogen-bond donors (Lipinski definition) is 0. The molecule has 44 heavy (non-hydrogen) atoms. The number of benzene rings is 7. The van der Waals surface area contributed by atoms with E-state index < -0.39 is 0 Å². The SMILES string of the molecule is c1ccc(-c2cccc(N(c3ccccc3)c3ccc(-c4ccc5c(c4)c4ccccc4n5-c4ccccc4)cc3)c2)cc1. The zero-order chi connectivity index (χ0) is 29.3. The van der Waals surface area contributed by atoms with E-state index in [-0.39, 0.29) is 0 Å². The van der Waals surface area contributed by atoms with E-state index in [2.05, 4.69) is 191 Å². The molecule has 0 bridgehead atoms. The fourth-order valence-electron chi connectivity index (χ4n) is 6.29. The minimum atomic E-state index is 1.12. The predicted octanol–water partition coefficient (Wildman–Crippen LogP) is 11.6. The fraction of sp³-hybridized carbons (Fsp3) is 0. The molecule has 208 valence electrons. The number of fused-ring (bicyclic) bond motifs is 3. The summed E-state index contributed by atoms with van der Waals surface area (Å²) in [4.78, 5) is 2.33. The van der Waals surface area contributed by atoms with Crippen molar-refractivity contribution < 1.29 is 0 Å². The van der Waals surface area contributed by atoms with Gasteiger partial charge in [-0.1, -0.05) is 115 Å². The number of para-hydroxylation sites is 3. The topological polar surface area (TPSA) is 8.17 Å². The van der Waals surface area contributed by atoms with Crippen LogP contribution in [0.25, 0.3) is 49.7 Å². The fourth-order valence-corrected chi connectivity index (χ4v) is 6.29. The van der Waals surface area contributed by atoms with Gasteiger partial charge in [-0.05, 0) is 89.0 Å². The Morgan fingerprint density at radius 3 is 1.61 bits per heavy atom. The van der Waals surface area contributed by atoms with E-state index in [4.69, 9.17) is 0 Å². The number of nitrogens with zero attached hydrogens (tertiary/aromatic N) is 2. The molecule has 0 unspecified atom stereocenters. The van der Waals surface area contributed by atoms with Gasteiger partial charge >= 0.3 is 0 Å². The normalized spacial score (nSPS) is 11.2. The summed E-state index contributed by atoms with van der Waals surface area (Å²) in [6.45, 7) is 0. The first-order valence-corrected chi connectivity index (χ1v) is 15.0. The van der Waals surface area contributed by atoms with E-state index in [0.29, 0.717) is 0 Å². The zero-order valence-electron chi connectivity index (χ0n) is 24.2. The van der Waals surface area contributed by atoms with E-state index in [1.165, 1.54) is 49.7 Å². The summed E-state index contributed by atoms with van der Waals surface area (Å²) < 4.78 is 2.36. The van der Waals surface area contributed by atoms with E-state index in [1.54, 1.807) is 0 Å². The highest BCUT2D eigenvalue weighted by atomic mass is 15.1. The zero-order valence-corrected chi connectivity index (χ0v) is 24.2. The Hall–Kier alpha value is -5.86. The third-order valence-corrected chi connectivity index (χ3v) is 8.37. The monoisotopic (exact) mass is 562 g/mol. The van der Waals surface area contributed by atoms with Crippen LogP contribution < -0.4 is 4.90 Å². The van der Waals surface area contributed by atoms with Crippen LogP contribution in [0.2, 0.25) is 0 Å². The summed E-state index contributed by atoms with van der Waals surface area (Å²) in [6.07, 6.45) is 0. The average Bonchev–Trinajstić information content (AvgIpc) is 3.44. The summed E-state index contributed by atoms with van der Waals surface area (Å²) in [5.74, 6) is 0. The van der Waals surface area contributed by atoms with Gasteiger partial charge in [0.2, 0.25) is 0 Å². The molecule has 0 N–H and O–H groups in total. The second kappa shape index (κ2) is 11.1. The van der Waals surface area contributed by atoms with Gasteiger partial charge in [-0.15, -0.1) is 0 Å². The lowest BCUT2D eigenvalue weighted by atomic mass is 10.0. The van der Waals surface area contributed by atoms with Gasteiger partial charge in [-0.3, -0.25) is 0 Å². The largest absolute Gasteiger partial charge is 0.310 e. The third kappa shape index (κ3) is 4.63. The highest BCUT2D eigenvalue weighted by molar-refractivity contribution is 6.10. The Labute approximate surface area is 257 Å². The summed E-state index contributed by atoms with van der Waals surface area (Å²) in [5.41, 5.74) is 11.8. The Balaban J connectivity index is 1.20. The lowest BCUT2D eigenvalue weighted by Crippen LogP contribution is -2.09. The summed E-state index contributed by atoms with van der Waals surface area (Å²) in [5, 5.41) is 2.52. The van der Waals surface area contributed by atoms with E-state index >= 15 is 0 Å². The minimum Gasteiger partial charge on any atom is -0.310 e. The Morgan fingerprint density at radius 2 is 0.841 bits per heavy atom. The summed E-state index contributed by atoms with van der Waals surface area (Å²) >= 11 is 0. The first-order chi connectivity index (χ1) is 21.8. The van der Waals surface area contributed by atoms with Crippen LogP contribution in [0.4, 0.5) is 17.1 Å². The number of anilines is 3. The first-order valence-electron chi connectivity index (χ1n) is 15.0. The maximum atomic E-state index is 2.36. The molecule has 0 aliphatic carbocycles. The first kappa shape index (κ1) is 25.8. The van der Waals surface area contributed by atoms with Crippen molar-refractivity contribution in [2.75, 3.05) is 4.90 Å². The van der Waals surface area contributed by atoms with Crippen molar-refractivity contribution in [2.24, 2.45) is 0 Å². The van der Waals surface area contributed by atoms with E-state index in [9.17, 15) is 0 Å². The molecule has 0 spiro atoms. The van der Waals surface area contributed by atoms with E-state index in [1.807, 2.05) is 0 Å². The molecular weight excluding hydrogens is 532 g/mol. The highest BCUT2D eigenvalue weighted by Gasteiger charge is 2.15. The molecule has 0 saturated heterocycles. The molecule has 0 aliphatic rings. The van der Waals surface area contributed by atoms with Gasteiger partial charge in [0.25, 0.3) is 0 Å². The second-order valence-corrected chi connectivity index (χ2v) is 11.1. The van der Waals surface area contributed by atoms with Crippen molar-refractivity contribution in [3.63, 3.8) is 0 Å². The van der Waals surface area contributed by atoms with Crippen molar-refractivity contribution in [2.45, 2.75) is 0 Å². The van der Waals surface area contributed by atoms with Crippen LogP contribution in [0.1, 0.15) is 0 Å². The van der Waals surface area contributed by atoms with Crippen LogP contribution in [0.5, 0.6) is 0 Å². The van der Waals surface area contributed by atoms with Crippen molar-refractivity contribution in [3.8, 4) is 27.9 Å². The molecule has 2 nitrogen and oxygen atoms in total. The smallest absolute Gasteiger partial charge is 0.0541 e. The third-order valence-electron chi connectivity index (χ3n) is 8.37. The Morgan fingerprint density at radius 1 is 0.318 bits per heavy atom. The lowest BCUT2D eigenvalue weighted by molar-refractivity contribution is 1.18. The molecule has 0 fully saturated rings. The number of rotatable bonds is 6. The molecule has 0 atom stereocenters. The standard InChI is InChI=1S/C42H30N2/c1-4-13-31(14-5-1)33-15-12-20-38(29-33)43(35-16-6-2-7-17-35)37-26-23-32(24-27-37)34-25-28-42-40(30-34)39-21-10-11-22-41(39)44(42)36-18-8-3-9-19-36/h1-30H. The van der Waals surface area contributed by atoms with Crippen LogP contribution in [-0.2, 0) is 0 Å². The van der Waals surface area contributed by atoms with Crippen LogP contribution in [0.3, 0.4) is 0 Å². The molecule has 0 aliphatic heterocycles. The number of aromatic nitrogens is 1. The highest BCUT2D eigenvalue weighted by Crippen LogP contribution is 2.39. The molecule has 0 radical (unpaired) electrons. The van der Waals surface area contributed by atoms with E-state index in [0.717, 1.165) is 17.1 Å². The van der Waals surface area contributed by atoms with Crippen molar-refractivity contribution >= 4 is 38.9 Å². The summed E-state index contributed by atoms with van der Waals surface area (Å²) in [6, 6.07) is 65.0. The van der Waals surface area contributed by atoms with Gasteiger partial charge < -0.3 is 9.47 Å². The lowest BCUT2D eigenvalue weighted by Gasteiger charge is -2.26. The van der Waals surface area contributed by atoms with Gasteiger partial charge in [-0.2, -0.15) is 0 Å². The molecule has 8 aromatic rings. The van der Waals surface area contributed by atoms with Crippen molar-refractivity contribution in [1.82, 2.24) is 4.57 Å². The number of hydrogen-bond acceptors (Lipinski definition) is 1. The van der Waals surface area contributed by atoms with Gasteiger partial charge in [-0.25, -0.2) is 0 Å². The van der Waals surface area contributed by atoms with Crippen LogP contribution >= 0.6 is 0 Å². The predicted molar refractivity (Wildman–Crippen MR) is 186 cm³/mol. The van der Waals surface area contributed by atoms with Crippen LogP contribution in [0.15, 0.2) is 182 Å². The van der Waals surface area contributed by atoms with Gasteiger partial charge in [0.15, 0.2) is 0 Å². The molecule has 0 saturated carbocycles. The van der Waals surface area contributed by atoms with Gasteiger partial charge in [0.05, 0.1) is 11.0 Å². The molecule has 7 aromatic carbocycles. The molecular formula is C42H30N2.